The number of carbonyl (C=O) groups is 2. The predicted molar refractivity (Wildman–Crippen MR) is 216 cm³/mol. The molecule has 0 saturated heterocycles. The van der Waals surface area contributed by atoms with E-state index in [4.69, 9.17) is 0 Å². The van der Waals surface area contributed by atoms with E-state index in [-0.39, 0.29) is 55.5 Å². The van der Waals surface area contributed by atoms with Gasteiger partial charge < -0.3 is 19.8 Å². The first-order valence-corrected chi connectivity index (χ1v) is 19.4. The van der Waals surface area contributed by atoms with Crippen molar-refractivity contribution in [3.8, 4) is 0 Å². The number of carbonyl (C=O) groups excluding carboxylic acids is 2. The molecule has 4 aliphatic carbocycles. The minimum absolute atomic E-state index is 0. The van der Waals surface area contributed by atoms with Crippen LogP contribution in [0, 0.1) is 11.8 Å². The molecule has 4 nitrogen and oxygen atoms in total. The Morgan fingerprint density at radius 1 is 0.547 bits per heavy atom. The second kappa shape index (κ2) is 15.0. The molecule has 6 rings (SSSR count). The van der Waals surface area contributed by atoms with Gasteiger partial charge in [0.1, 0.15) is 0 Å². The van der Waals surface area contributed by atoms with Crippen molar-refractivity contribution >= 4 is 35.0 Å². The van der Waals surface area contributed by atoms with Crippen LogP contribution in [-0.2, 0) is 42.1 Å². The molecule has 53 heavy (non-hydrogen) atoms. The summed E-state index contributed by atoms with van der Waals surface area (Å²) in [7, 11) is 0. The molecule has 4 aliphatic rings. The van der Waals surface area contributed by atoms with E-state index in [0.717, 1.165) is 36.1 Å². The zero-order valence-corrected chi connectivity index (χ0v) is 36.1. The maximum Gasteiger partial charge on any atom is 2.00 e. The molecule has 2 aromatic rings. The van der Waals surface area contributed by atoms with Crippen LogP contribution in [0.3, 0.4) is 0 Å². The first-order chi connectivity index (χ1) is 23.9. The van der Waals surface area contributed by atoms with Crippen molar-refractivity contribution in [1.82, 2.24) is 0 Å². The molecule has 5 heteroatoms. The molecule has 0 bridgehead atoms. The Bertz CT molecular complexity index is 1730. The Hall–Kier alpha value is -2.89. The molecule has 4 atom stereocenters. The SMILES string of the molecule is CC(/C=C/[C@@H]1C[C@]1(C)c1ccc2c(c1)C(C)(C)CCC2(C)C)=C\C(=O)[O-].CC(/C=C/[C@@H]1C[C@]1(C)c1ccc2c(c1)C(C)(C)CCC2(C)C)=C\C(=O)[O-].[Mg+2]. The standard InChI is InChI=1S/2C24H32O2.Mg/c2*1-16(13-21(25)26)7-8-18-15-24(18,6)17-9-10-19-20(14-17)23(4,5)12-11-22(19,2)3;/h2*7-10,13-14,18H,11-12,15H2,1-6H3,(H,25,26);/q;;+2/p-2/b2*8-7+,16-13+;/t2*18-,24-;/m11./s1. The van der Waals surface area contributed by atoms with Gasteiger partial charge in [0.15, 0.2) is 0 Å². The van der Waals surface area contributed by atoms with Crippen LogP contribution in [0.5, 0.6) is 0 Å². The number of fused-ring (bicyclic) bond motifs is 2. The molecule has 0 N–H and O–H groups in total. The van der Waals surface area contributed by atoms with Crippen LogP contribution in [0.15, 0.2) is 84.0 Å². The number of benzene rings is 2. The molecule has 2 aromatic carbocycles. The number of rotatable bonds is 8. The molecule has 280 valence electrons. The van der Waals surface area contributed by atoms with Gasteiger partial charge in [0.2, 0.25) is 0 Å². The van der Waals surface area contributed by atoms with Gasteiger partial charge in [-0.15, -0.1) is 0 Å². The number of carboxylic acids is 2. The topological polar surface area (TPSA) is 80.3 Å². The van der Waals surface area contributed by atoms with Crippen LogP contribution in [0.25, 0.3) is 0 Å². The van der Waals surface area contributed by atoms with E-state index in [2.05, 4.69) is 118 Å². The molecule has 0 aromatic heterocycles. The van der Waals surface area contributed by atoms with Crippen molar-refractivity contribution in [1.29, 1.82) is 0 Å². The quantitative estimate of drug-likeness (QED) is 0.155. The summed E-state index contributed by atoms with van der Waals surface area (Å²) in [6.07, 6.45) is 17.6. The van der Waals surface area contributed by atoms with Crippen molar-refractivity contribution < 1.29 is 19.8 Å². The molecule has 2 fully saturated rings. The monoisotopic (exact) mass is 726 g/mol. The molecule has 0 radical (unpaired) electrons. The number of aliphatic carboxylic acids is 2. The second-order valence-corrected chi connectivity index (χ2v) is 19.6. The second-order valence-electron chi connectivity index (χ2n) is 19.6. The average molecular weight is 727 g/mol. The summed E-state index contributed by atoms with van der Waals surface area (Å²) < 4.78 is 0. The fraction of sp³-hybridized carbons (Fsp3) is 0.542. The summed E-state index contributed by atoms with van der Waals surface area (Å²) in [6, 6.07) is 14.3. The van der Waals surface area contributed by atoms with Gasteiger partial charge in [-0.3, -0.25) is 0 Å². The molecular weight excluding hydrogens is 665 g/mol. The number of hydrogen-bond acceptors (Lipinski definition) is 4. The third-order valence-corrected chi connectivity index (χ3v) is 13.5. The van der Waals surface area contributed by atoms with Crippen LogP contribution in [0.1, 0.15) is 155 Å². The maximum absolute atomic E-state index is 10.6. The smallest absolute Gasteiger partial charge is 0.545 e. The summed E-state index contributed by atoms with van der Waals surface area (Å²) in [5.74, 6) is -1.34. The number of allylic oxidation sites excluding steroid dienone is 6. The van der Waals surface area contributed by atoms with Crippen molar-refractivity contribution in [2.75, 3.05) is 0 Å². The average Bonchev–Trinajstić information content (AvgIpc) is 3.93. The van der Waals surface area contributed by atoms with E-state index in [9.17, 15) is 19.8 Å². The van der Waals surface area contributed by atoms with Gasteiger partial charge in [0.05, 0.1) is 11.9 Å². The molecule has 2 saturated carbocycles. The summed E-state index contributed by atoms with van der Waals surface area (Å²) in [4.78, 5) is 21.3. The van der Waals surface area contributed by atoms with E-state index in [1.54, 1.807) is 13.8 Å². The summed E-state index contributed by atoms with van der Waals surface area (Å²) >= 11 is 0. The van der Waals surface area contributed by atoms with Crippen molar-refractivity contribution in [2.45, 2.75) is 154 Å². The summed E-state index contributed by atoms with van der Waals surface area (Å²) in [5.41, 5.74) is 11.6. The third-order valence-electron chi connectivity index (χ3n) is 13.5. The van der Waals surface area contributed by atoms with Crippen LogP contribution < -0.4 is 10.2 Å². The number of carboxylic acid groups (broad SMARTS) is 2. The molecular formula is C48H62MgO4. The van der Waals surface area contributed by atoms with Crippen molar-refractivity contribution in [2.24, 2.45) is 11.8 Å². The first kappa shape index (κ1) is 42.8. The molecule has 0 heterocycles. The third kappa shape index (κ3) is 9.15. The molecule has 0 spiro atoms. The Kier molecular flexibility index (Phi) is 12.1. The van der Waals surface area contributed by atoms with Gasteiger partial charge in [-0.1, -0.05) is 130 Å². The van der Waals surface area contributed by atoms with Crippen LogP contribution in [0.2, 0.25) is 0 Å². The van der Waals surface area contributed by atoms with E-state index < -0.39 is 11.9 Å². The molecule has 0 aliphatic heterocycles. The van der Waals surface area contributed by atoms with Crippen LogP contribution in [-0.4, -0.2) is 35.0 Å². The van der Waals surface area contributed by atoms with E-state index in [0.29, 0.717) is 11.8 Å². The number of hydrogen-bond donors (Lipinski definition) is 0. The molecule has 0 amide bonds. The fourth-order valence-electron chi connectivity index (χ4n) is 8.91. The van der Waals surface area contributed by atoms with Gasteiger partial charge in [-0.25, -0.2) is 0 Å². The van der Waals surface area contributed by atoms with Crippen LogP contribution in [0.4, 0.5) is 0 Å². The predicted octanol–water partition coefficient (Wildman–Crippen LogP) is 8.75. The van der Waals surface area contributed by atoms with E-state index in [1.165, 1.54) is 59.1 Å². The maximum atomic E-state index is 10.6. The minimum atomic E-state index is -1.13. The van der Waals surface area contributed by atoms with Gasteiger partial charge in [-0.2, -0.15) is 0 Å². The van der Waals surface area contributed by atoms with Gasteiger partial charge in [-0.05, 0) is 153 Å². The minimum Gasteiger partial charge on any atom is -0.545 e. The Morgan fingerprint density at radius 2 is 0.849 bits per heavy atom. The van der Waals surface area contributed by atoms with Crippen molar-refractivity contribution in [3.63, 3.8) is 0 Å². The van der Waals surface area contributed by atoms with Crippen molar-refractivity contribution in [3.05, 3.63) is 117 Å². The fourth-order valence-corrected chi connectivity index (χ4v) is 8.91. The van der Waals surface area contributed by atoms with E-state index >= 15 is 0 Å². The largest absolute Gasteiger partial charge is 2.00 e. The van der Waals surface area contributed by atoms with Gasteiger partial charge >= 0.3 is 23.1 Å². The summed E-state index contributed by atoms with van der Waals surface area (Å²) in [6.45, 7) is 27.1. The molecule has 0 unspecified atom stereocenters. The normalized spacial score (nSPS) is 28.9. The Morgan fingerprint density at radius 3 is 1.15 bits per heavy atom. The zero-order chi connectivity index (χ0) is 38.7. The van der Waals surface area contributed by atoms with Gasteiger partial charge in [0, 0.05) is 0 Å². The van der Waals surface area contributed by atoms with Crippen LogP contribution >= 0.6 is 0 Å². The summed E-state index contributed by atoms with van der Waals surface area (Å²) in [5, 5.41) is 21.3. The Balaban J connectivity index is 0.000000232. The van der Waals surface area contributed by atoms with E-state index in [1.807, 2.05) is 12.2 Å². The van der Waals surface area contributed by atoms with Gasteiger partial charge in [0.25, 0.3) is 0 Å². The first-order valence-electron chi connectivity index (χ1n) is 19.4. The zero-order valence-electron chi connectivity index (χ0n) is 34.7. The Labute approximate surface area is 336 Å².